The first-order chi connectivity index (χ1) is 28.4. The molecule has 4 aromatic rings. The summed E-state index contributed by atoms with van der Waals surface area (Å²) in [6, 6.07) is 17.3. The zero-order chi connectivity index (χ0) is 41.8. The third-order valence-electron chi connectivity index (χ3n) is 9.95. The molecule has 0 saturated carbocycles. The molecule has 0 aromatic heterocycles. The van der Waals surface area contributed by atoms with E-state index in [9.17, 15) is 0 Å². The number of anilines is 2. The molecule has 0 atom stereocenters. The number of rotatable bonds is 18. The number of hydrogen-bond donors (Lipinski definition) is 2. The Balaban J connectivity index is 0.000000329. The maximum absolute atomic E-state index is 3.75. The molecule has 4 heteroatoms. The molecule has 0 saturated heterocycles. The van der Waals surface area contributed by atoms with Crippen molar-refractivity contribution in [2.24, 2.45) is 0 Å². The predicted octanol–water partition coefficient (Wildman–Crippen LogP) is 16.6. The normalized spacial score (nSPS) is 10.2. The van der Waals surface area contributed by atoms with E-state index < -0.39 is 0 Å². The highest BCUT2D eigenvalue weighted by molar-refractivity contribution is 9.11. The average molecular weight is 905 g/mol. The highest BCUT2D eigenvalue weighted by atomic mass is 79.9. The van der Waals surface area contributed by atoms with E-state index in [0.29, 0.717) is 0 Å². The van der Waals surface area contributed by atoms with Gasteiger partial charge in [-0.3, -0.25) is 0 Å². The average Bonchev–Trinajstić information content (AvgIpc) is 3.24. The largest absolute Gasteiger partial charge is 0.384 e. The summed E-state index contributed by atoms with van der Waals surface area (Å²) >= 11 is 7.45. The van der Waals surface area contributed by atoms with Crippen molar-refractivity contribution in [1.82, 2.24) is 0 Å². The summed E-state index contributed by atoms with van der Waals surface area (Å²) in [6.07, 6.45) is 20.5. The van der Waals surface area contributed by atoms with Crippen molar-refractivity contribution >= 4 is 64.8 Å². The van der Waals surface area contributed by atoms with Gasteiger partial charge in [0.05, 0.1) is 11.4 Å². The van der Waals surface area contributed by atoms with Crippen LogP contribution in [0.4, 0.5) is 11.4 Å². The molecular formula is C54H68Br2N2. The van der Waals surface area contributed by atoms with E-state index >= 15 is 0 Å². The topological polar surface area (TPSA) is 24.1 Å². The Morgan fingerprint density at radius 2 is 0.655 bits per heavy atom. The van der Waals surface area contributed by atoms with Gasteiger partial charge in [0.25, 0.3) is 0 Å². The lowest BCUT2D eigenvalue weighted by Gasteiger charge is -2.17. The lowest BCUT2D eigenvalue weighted by Crippen LogP contribution is -2.07. The molecule has 0 amide bonds. The summed E-state index contributed by atoms with van der Waals surface area (Å²) in [5.74, 6) is 26.8. The summed E-state index contributed by atoms with van der Waals surface area (Å²) in [5.41, 5.74) is 6.68. The van der Waals surface area contributed by atoms with Crippen molar-refractivity contribution in [3.63, 3.8) is 0 Å². The monoisotopic (exact) mass is 902 g/mol. The van der Waals surface area contributed by atoms with Crippen molar-refractivity contribution < 1.29 is 0 Å². The summed E-state index contributed by atoms with van der Waals surface area (Å²) in [7, 11) is 0. The molecule has 0 aliphatic heterocycles. The zero-order valence-electron chi connectivity index (χ0n) is 36.5. The molecule has 0 aliphatic rings. The molecule has 0 radical (unpaired) electrons. The predicted molar refractivity (Wildman–Crippen MR) is 265 cm³/mol. The maximum Gasteiger partial charge on any atom is 0.0579 e. The van der Waals surface area contributed by atoms with E-state index in [1.54, 1.807) is 0 Å². The zero-order valence-corrected chi connectivity index (χ0v) is 39.7. The molecule has 0 heterocycles. The summed E-state index contributed by atoms with van der Waals surface area (Å²) in [4.78, 5) is 0. The molecule has 0 unspecified atom stereocenters. The first kappa shape index (κ1) is 48.6. The first-order valence-corrected chi connectivity index (χ1v) is 24.0. The minimum absolute atomic E-state index is 0.955. The second-order valence-electron chi connectivity index (χ2n) is 14.9. The lowest BCUT2D eigenvalue weighted by atomic mass is 9.98. The van der Waals surface area contributed by atoms with Crippen LogP contribution >= 0.6 is 31.9 Å². The fourth-order valence-electron chi connectivity index (χ4n) is 6.39. The van der Waals surface area contributed by atoms with Gasteiger partial charge in [-0.2, -0.15) is 0 Å². The van der Waals surface area contributed by atoms with Crippen LogP contribution in [0, 0.1) is 47.4 Å². The van der Waals surface area contributed by atoms with Gasteiger partial charge in [0.1, 0.15) is 0 Å². The highest BCUT2D eigenvalue weighted by Gasteiger charge is 2.13. The molecule has 2 nitrogen and oxygen atoms in total. The SMILES string of the molecule is CCCCC#Cc1ccc2c(Br)c(C#CCCCC)ccc2c1Br.CCCCC#Cc1ccc2c(NCCCCC)c(C#CCCCC)ccc2c1NCCCCC. The molecule has 0 fully saturated rings. The van der Waals surface area contributed by atoms with Gasteiger partial charge in [-0.1, -0.05) is 165 Å². The number of benzene rings is 4. The van der Waals surface area contributed by atoms with Gasteiger partial charge in [-0.05, 0) is 105 Å². The number of fused-ring (bicyclic) bond motifs is 2. The molecule has 0 spiro atoms. The van der Waals surface area contributed by atoms with Crippen LogP contribution in [0.3, 0.4) is 0 Å². The molecule has 308 valence electrons. The van der Waals surface area contributed by atoms with Crippen LogP contribution in [0.25, 0.3) is 21.5 Å². The van der Waals surface area contributed by atoms with Crippen LogP contribution < -0.4 is 10.6 Å². The van der Waals surface area contributed by atoms with Crippen molar-refractivity contribution in [3.8, 4) is 47.4 Å². The van der Waals surface area contributed by atoms with Crippen LogP contribution in [0.2, 0.25) is 0 Å². The molecule has 4 rings (SSSR count). The highest BCUT2D eigenvalue weighted by Crippen LogP contribution is 2.36. The summed E-state index contributed by atoms with van der Waals surface area (Å²) in [5, 5.41) is 12.3. The number of hydrogen-bond acceptors (Lipinski definition) is 2. The van der Waals surface area contributed by atoms with Gasteiger partial charge >= 0.3 is 0 Å². The molecule has 0 bridgehead atoms. The van der Waals surface area contributed by atoms with Crippen LogP contribution in [0.5, 0.6) is 0 Å². The maximum atomic E-state index is 3.75. The van der Waals surface area contributed by atoms with E-state index in [1.807, 2.05) is 0 Å². The molecule has 0 aliphatic carbocycles. The van der Waals surface area contributed by atoms with Crippen molar-refractivity contribution in [2.75, 3.05) is 23.7 Å². The standard InChI is InChI=1S/C32H46N2.C22H22Br2/c1-5-9-13-15-19-27-21-23-30-29(31(27)33-25-17-11-7-3)24-22-28(20-16-14-10-6-2)32(30)34-26-18-12-8-4;1-3-5-7-9-11-17-13-15-20-19(21(17)23)16-14-18(22(20)24)12-10-8-6-4-2/h21-24,33-34H,5-14,17-18,25-26H2,1-4H3;13-16H,3-8H2,1-2H3. The van der Waals surface area contributed by atoms with Gasteiger partial charge in [-0.15, -0.1) is 0 Å². The van der Waals surface area contributed by atoms with Gasteiger partial charge in [0, 0.05) is 80.7 Å². The second kappa shape index (κ2) is 29.4. The minimum Gasteiger partial charge on any atom is -0.384 e. The van der Waals surface area contributed by atoms with E-state index in [4.69, 9.17) is 0 Å². The quantitative estimate of drug-likeness (QED) is 0.0768. The van der Waals surface area contributed by atoms with E-state index in [0.717, 1.165) is 95.7 Å². The Bertz CT molecular complexity index is 1960. The number of unbranched alkanes of at least 4 members (excludes halogenated alkanes) is 12. The Hall–Kier alpha value is -3.80. The van der Waals surface area contributed by atoms with Crippen LogP contribution in [0.15, 0.2) is 57.5 Å². The minimum atomic E-state index is 0.955. The Morgan fingerprint density at radius 1 is 0.362 bits per heavy atom. The van der Waals surface area contributed by atoms with Gasteiger partial charge < -0.3 is 10.6 Å². The smallest absolute Gasteiger partial charge is 0.0579 e. The molecule has 2 N–H and O–H groups in total. The molecular weight excluding hydrogens is 836 g/mol. The summed E-state index contributed by atoms with van der Waals surface area (Å²) in [6.45, 7) is 15.3. The molecule has 58 heavy (non-hydrogen) atoms. The van der Waals surface area contributed by atoms with Gasteiger partial charge in [-0.25, -0.2) is 0 Å². The van der Waals surface area contributed by atoms with E-state index in [2.05, 4.69) is 180 Å². The van der Waals surface area contributed by atoms with Gasteiger partial charge in [0.2, 0.25) is 0 Å². The Labute approximate surface area is 370 Å². The third-order valence-corrected chi connectivity index (χ3v) is 11.7. The van der Waals surface area contributed by atoms with E-state index in [-0.39, 0.29) is 0 Å². The van der Waals surface area contributed by atoms with Crippen LogP contribution in [0.1, 0.15) is 179 Å². The lowest BCUT2D eigenvalue weighted by molar-refractivity contribution is 0.744. The van der Waals surface area contributed by atoms with Gasteiger partial charge in [0.15, 0.2) is 0 Å². The Morgan fingerprint density at radius 3 is 0.983 bits per heavy atom. The van der Waals surface area contributed by atoms with Crippen LogP contribution in [-0.4, -0.2) is 13.1 Å². The van der Waals surface area contributed by atoms with Crippen molar-refractivity contribution in [1.29, 1.82) is 0 Å². The number of halogens is 2. The van der Waals surface area contributed by atoms with Crippen molar-refractivity contribution in [2.45, 2.75) is 157 Å². The fourth-order valence-corrected chi connectivity index (χ4v) is 7.54. The molecule has 4 aromatic carbocycles. The van der Waals surface area contributed by atoms with Crippen molar-refractivity contribution in [3.05, 3.63) is 79.7 Å². The Kier molecular flexibility index (Phi) is 24.6. The number of nitrogens with one attached hydrogen (secondary N) is 2. The third kappa shape index (κ3) is 16.1. The van der Waals surface area contributed by atoms with E-state index in [1.165, 1.54) is 97.1 Å². The summed E-state index contributed by atoms with van der Waals surface area (Å²) < 4.78 is 2.13. The fraction of sp³-hybridized carbons (Fsp3) is 0.481. The van der Waals surface area contributed by atoms with Crippen LogP contribution in [-0.2, 0) is 0 Å². The first-order valence-electron chi connectivity index (χ1n) is 22.4. The second-order valence-corrected chi connectivity index (χ2v) is 16.5.